The Kier molecular flexibility index (Phi) is 5.98. The molecular weight excluding hydrogens is 385 g/mol. The molecule has 1 aromatic carbocycles. The van der Waals surface area contributed by atoms with Gasteiger partial charge in [-0.3, -0.25) is 4.79 Å². The van der Waals surface area contributed by atoms with Gasteiger partial charge < -0.3 is 14.8 Å². The van der Waals surface area contributed by atoms with Crippen LogP contribution in [0.4, 0.5) is 0 Å². The van der Waals surface area contributed by atoms with E-state index in [4.69, 9.17) is 9.47 Å². The lowest BCUT2D eigenvalue weighted by atomic mass is 10.1. The second kappa shape index (κ2) is 7.74. The van der Waals surface area contributed by atoms with Gasteiger partial charge in [0.15, 0.2) is 0 Å². The monoisotopic (exact) mass is 403 g/mol. The van der Waals surface area contributed by atoms with Crippen molar-refractivity contribution in [3.8, 4) is 0 Å². The molecular formula is C15H18INO4. The Labute approximate surface area is 137 Å². The molecule has 1 aliphatic heterocycles. The van der Waals surface area contributed by atoms with E-state index in [1.54, 1.807) is 0 Å². The molecule has 1 aliphatic rings. The molecule has 114 valence electrons. The van der Waals surface area contributed by atoms with Gasteiger partial charge in [-0.2, -0.15) is 0 Å². The third kappa shape index (κ3) is 4.67. The minimum absolute atomic E-state index is 0.242. The van der Waals surface area contributed by atoms with Crippen molar-refractivity contribution in [3.63, 3.8) is 0 Å². The normalized spacial score (nSPS) is 19.0. The van der Waals surface area contributed by atoms with Crippen LogP contribution in [0.1, 0.15) is 18.4 Å². The largest absolute Gasteiger partial charge is 0.467 e. The predicted molar refractivity (Wildman–Crippen MR) is 85.8 cm³/mol. The number of carbonyl (C=O) groups is 2. The molecule has 0 bridgehead atoms. The summed E-state index contributed by atoms with van der Waals surface area (Å²) in [6.45, 7) is 0.595. The van der Waals surface area contributed by atoms with E-state index >= 15 is 0 Å². The van der Waals surface area contributed by atoms with Crippen LogP contribution in [0.15, 0.2) is 24.3 Å². The van der Waals surface area contributed by atoms with Crippen molar-refractivity contribution in [2.75, 3.05) is 13.7 Å². The first-order valence-corrected chi connectivity index (χ1v) is 7.92. The van der Waals surface area contributed by atoms with Crippen molar-refractivity contribution in [2.45, 2.75) is 31.4 Å². The SMILES string of the molecule is COC(=O)[C@@H](Cc1ccc(I)cc1)NC(=O)[C@H]1CCCO1. The lowest BCUT2D eigenvalue weighted by molar-refractivity contribution is -0.146. The number of ether oxygens (including phenoxy) is 2. The van der Waals surface area contributed by atoms with E-state index in [0.29, 0.717) is 19.4 Å². The number of nitrogens with one attached hydrogen (secondary N) is 1. The van der Waals surface area contributed by atoms with Crippen molar-refractivity contribution >= 4 is 34.5 Å². The molecule has 21 heavy (non-hydrogen) atoms. The third-order valence-corrected chi connectivity index (χ3v) is 4.10. The fraction of sp³-hybridized carbons (Fsp3) is 0.467. The first-order chi connectivity index (χ1) is 10.1. The fourth-order valence-corrected chi connectivity index (χ4v) is 2.60. The van der Waals surface area contributed by atoms with Gasteiger partial charge in [-0.1, -0.05) is 12.1 Å². The number of esters is 1. The average Bonchev–Trinajstić information content (AvgIpc) is 3.02. The molecule has 1 aromatic rings. The summed E-state index contributed by atoms with van der Waals surface area (Å²) in [5.41, 5.74) is 0.971. The van der Waals surface area contributed by atoms with Gasteiger partial charge in [0, 0.05) is 16.6 Å². The summed E-state index contributed by atoms with van der Waals surface area (Å²) in [6, 6.07) is 7.12. The van der Waals surface area contributed by atoms with Gasteiger partial charge in [0.25, 0.3) is 0 Å². The standard InChI is InChI=1S/C15H18INO4/c1-20-15(19)12(9-10-4-6-11(16)7-5-10)17-14(18)13-3-2-8-21-13/h4-7,12-13H,2-3,8-9H2,1H3,(H,17,18)/t12-,13-/m1/s1. The average molecular weight is 403 g/mol. The molecule has 6 heteroatoms. The topological polar surface area (TPSA) is 64.6 Å². The Morgan fingerprint density at radius 3 is 2.71 bits per heavy atom. The number of halogens is 1. The molecule has 2 rings (SSSR count). The maximum atomic E-state index is 12.1. The van der Waals surface area contributed by atoms with Gasteiger partial charge >= 0.3 is 5.97 Å². The van der Waals surface area contributed by atoms with E-state index in [2.05, 4.69) is 27.9 Å². The summed E-state index contributed by atoms with van der Waals surface area (Å²) in [6.07, 6.45) is 1.53. The zero-order valence-corrected chi connectivity index (χ0v) is 14.0. The summed E-state index contributed by atoms with van der Waals surface area (Å²) >= 11 is 2.22. The van der Waals surface area contributed by atoms with E-state index in [0.717, 1.165) is 15.6 Å². The van der Waals surface area contributed by atoms with E-state index in [-0.39, 0.29) is 5.91 Å². The molecule has 0 unspecified atom stereocenters. The maximum Gasteiger partial charge on any atom is 0.328 e. The Hall–Kier alpha value is -1.15. The summed E-state index contributed by atoms with van der Waals surface area (Å²) in [5, 5.41) is 2.73. The van der Waals surface area contributed by atoms with Gasteiger partial charge in [-0.15, -0.1) is 0 Å². The highest BCUT2D eigenvalue weighted by molar-refractivity contribution is 14.1. The predicted octanol–water partition coefficient (Wildman–Crippen LogP) is 1.67. The van der Waals surface area contributed by atoms with Crippen LogP contribution in [-0.2, 0) is 25.5 Å². The van der Waals surface area contributed by atoms with Crippen molar-refractivity contribution in [1.29, 1.82) is 0 Å². The van der Waals surface area contributed by atoms with Gasteiger partial charge in [0.2, 0.25) is 5.91 Å². The summed E-state index contributed by atoms with van der Waals surface area (Å²) < 4.78 is 11.2. The molecule has 1 N–H and O–H groups in total. The fourth-order valence-electron chi connectivity index (χ4n) is 2.24. The lowest BCUT2D eigenvalue weighted by Crippen LogP contribution is -2.47. The van der Waals surface area contributed by atoms with Crippen LogP contribution in [-0.4, -0.2) is 37.7 Å². The summed E-state index contributed by atoms with van der Waals surface area (Å²) in [4.78, 5) is 23.9. The molecule has 0 saturated carbocycles. The van der Waals surface area contributed by atoms with Crippen LogP contribution in [0.2, 0.25) is 0 Å². The first kappa shape index (κ1) is 16.2. The van der Waals surface area contributed by atoms with Crippen LogP contribution in [0.3, 0.4) is 0 Å². The van der Waals surface area contributed by atoms with E-state index < -0.39 is 18.1 Å². The molecule has 1 amide bonds. The Morgan fingerprint density at radius 2 is 2.14 bits per heavy atom. The Bertz CT molecular complexity index is 497. The van der Waals surface area contributed by atoms with Crippen LogP contribution >= 0.6 is 22.6 Å². The molecule has 0 spiro atoms. The van der Waals surface area contributed by atoms with Gasteiger partial charge in [-0.25, -0.2) is 4.79 Å². The Morgan fingerprint density at radius 1 is 1.43 bits per heavy atom. The first-order valence-electron chi connectivity index (χ1n) is 6.84. The molecule has 1 fully saturated rings. The smallest absolute Gasteiger partial charge is 0.328 e. The minimum Gasteiger partial charge on any atom is -0.467 e. The van der Waals surface area contributed by atoms with Crippen LogP contribution in [0.5, 0.6) is 0 Å². The lowest BCUT2D eigenvalue weighted by Gasteiger charge is -2.18. The summed E-state index contributed by atoms with van der Waals surface area (Å²) in [5.74, 6) is -0.687. The van der Waals surface area contributed by atoms with E-state index in [1.807, 2.05) is 24.3 Å². The number of hydrogen-bond donors (Lipinski definition) is 1. The van der Waals surface area contributed by atoms with Gasteiger partial charge in [0.1, 0.15) is 12.1 Å². The second-order valence-electron chi connectivity index (χ2n) is 4.92. The zero-order chi connectivity index (χ0) is 15.2. The highest BCUT2D eigenvalue weighted by Gasteiger charge is 2.28. The highest BCUT2D eigenvalue weighted by Crippen LogP contribution is 2.13. The molecule has 0 aliphatic carbocycles. The van der Waals surface area contributed by atoms with Crippen molar-refractivity contribution in [3.05, 3.63) is 33.4 Å². The number of hydrogen-bond acceptors (Lipinski definition) is 4. The number of carbonyl (C=O) groups excluding carboxylic acids is 2. The third-order valence-electron chi connectivity index (χ3n) is 3.38. The number of methoxy groups -OCH3 is 1. The Balaban J connectivity index is 2.01. The minimum atomic E-state index is -0.688. The highest BCUT2D eigenvalue weighted by atomic mass is 127. The number of benzene rings is 1. The van der Waals surface area contributed by atoms with Gasteiger partial charge in [0.05, 0.1) is 7.11 Å². The second-order valence-corrected chi connectivity index (χ2v) is 6.16. The summed E-state index contributed by atoms with van der Waals surface area (Å²) in [7, 11) is 1.32. The molecule has 1 saturated heterocycles. The maximum absolute atomic E-state index is 12.1. The van der Waals surface area contributed by atoms with Crippen LogP contribution in [0.25, 0.3) is 0 Å². The van der Waals surface area contributed by atoms with Crippen LogP contribution in [0, 0.1) is 3.57 Å². The quantitative estimate of drug-likeness (QED) is 0.600. The van der Waals surface area contributed by atoms with Gasteiger partial charge in [-0.05, 0) is 53.1 Å². The molecule has 5 nitrogen and oxygen atoms in total. The molecule has 0 aromatic heterocycles. The van der Waals surface area contributed by atoms with Crippen molar-refractivity contribution in [2.24, 2.45) is 0 Å². The van der Waals surface area contributed by atoms with E-state index in [1.165, 1.54) is 7.11 Å². The number of rotatable bonds is 5. The van der Waals surface area contributed by atoms with Crippen molar-refractivity contribution in [1.82, 2.24) is 5.32 Å². The molecule has 2 atom stereocenters. The van der Waals surface area contributed by atoms with E-state index in [9.17, 15) is 9.59 Å². The molecule has 0 radical (unpaired) electrons. The zero-order valence-electron chi connectivity index (χ0n) is 11.8. The molecule has 1 heterocycles. The van der Waals surface area contributed by atoms with Crippen LogP contribution < -0.4 is 5.32 Å². The van der Waals surface area contributed by atoms with Crippen molar-refractivity contribution < 1.29 is 19.1 Å². The number of amides is 1.